The van der Waals surface area contributed by atoms with Gasteiger partial charge in [-0.25, -0.2) is 4.39 Å². The topological polar surface area (TPSA) is 71.1 Å². The fourth-order valence-electron chi connectivity index (χ4n) is 3.60. The summed E-state index contributed by atoms with van der Waals surface area (Å²) in [5.74, 6) is 0.388. The molecule has 1 heterocycles. The summed E-state index contributed by atoms with van der Waals surface area (Å²) in [6, 6.07) is 9.01. The molecule has 1 atom stereocenters. The van der Waals surface area contributed by atoms with Crippen LogP contribution in [0.1, 0.15) is 22.8 Å². The third-order valence-electron chi connectivity index (χ3n) is 5.62. The van der Waals surface area contributed by atoms with Crippen LogP contribution in [-0.2, 0) is 4.79 Å². The highest BCUT2D eigenvalue weighted by Crippen LogP contribution is 2.28. The number of carbonyl (C=O) groups excluding carboxylic acids is 2. The van der Waals surface area contributed by atoms with Gasteiger partial charge in [-0.15, -0.1) is 0 Å². The van der Waals surface area contributed by atoms with E-state index in [1.54, 1.807) is 36.3 Å². The van der Waals surface area contributed by atoms with Gasteiger partial charge in [-0.3, -0.25) is 14.5 Å². The first-order chi connectivity index (χ1) is 14.8. The number of hydrogen-bond donors (Lipinski definition) is 1. The van der Waals surface area contributed by atoms with Gasteiger partial charge in [0, 0.05) is 37.4 Å². The first-order valence-corrected chi connectivity index (χ1v) is 10.2. The highest BCUT2D eigenvalue weighted by Gasteiger charge is 2.28. The van der Waals surface area contributed by atoms with Crippen LogP contribution in [0.25, 0.3) is 0 Å². The van der Waals surface area contributed by atoms with Gasteiger partial charge in [0.1, 0.15) is 5.82 Å². The second-order valence-corrected chi connectivity index (χ2v) is 7.52. The lowest BCUT2D eigenvalue weighted by molar-refractivity contribution is -0.121. The Bertz CT molecular complexity index is 958. The van der Waals surface area contributed by atoms with Gasteiger partial charge >= 0.3 is 0 Å². The molecule has 3 rings (SSSR count). The van der Waals surface area contributed by atoms with Crippen LogP contribution in [0.2, 0.25) is 0 Å². The average Bonchev–Trinajstić information content (AvgIpc) is 2.80. The van der Waals surface area contributed by atoms with E-state index in [-0.39, 0.29) is 11.8 Å². The molecule has 1 aliphatic rings. The van der Waals surface area contributed by atoms with E-state index in [1.165, 1.54) is 19.2 Å². The molecule has 0 spiro atoms. The maximum Gasteiger partial charge on any atom is 0.254 e. The summed E-state index contributed by atoms with van der Waals surface area (Å²) in [7, 11) is 3.08. The second-order valence-electron chi connectivity index (χ2n) is 7.52. The molecular weight excluding hydrogens is 401 g/mol. The SMILES string of the molecule is COc1ccc(C(=O)N2CCN(C(C)C(=O)Nc3cc(F)ccc3C)CC2)cc1OC. The summed E-state index contributed by atoms with van der Waals surface area (Å²) < 4.78 is 24.0. The highest BCUT2D eigenvalue weighted by atomic mass is 19.1. The zero-order valence-electron chi connectivity index (χ0n) is 18.3. The van der Waals surface area contributed by atoms with Crippen molar-refractivity contribution in [2.24, 2.45) is 0 Å². The summed E-state index contributed by atoms with van der Waals surface area (Å²) in [5, 5.41) is 2.80. The number of benzene rings is 2. The number of piperazine rings is 1. The molecule has 2 aromatic rings. The number of halogens is 1. The van der Waals surface area contributed by atoms with Gasteiger partial charge < -0.3 is 19.7 Å². The first kappa shape index (κ1) is 22.6. The van der Waals surface area contributed by atoms with E-state index in [2.05, 4.69) is 5.32 Å². The van der Waals surface area contributed by atoms with Crippen LogP contribution in [0.5, 0.6) is 11.5 Å². The Morgan fingerprint density at radius 3 is 2.32 bits per heavy atom. The molecule has 1 N–H and O–H groups in total. The van der Waals surface area contributed by atoms with Crippen molar-refractivity contribution < 1.29 is 23.5 Å². The van der Waals surface area contributed by atoms with Crippen LogP contribution in [-0.4, -0.2) is 68.1 Å². The molecule has 0 aliphatic carbocycles. The summed E-state index contributed by atoms with van der Waals surface area (Å²) in [5.41, 5.74) is 1.80. The molecule has 31 heavy (non-hydrogen) atoms. The minimum atomic E-state index is -0.402. The zero-order valence-corrected chi connectivity index (χ0v) is 18.3. The van der Waals surface area contributed by atoms with Crippen molar-refractivity contribution in [2.45, 2.75) is 19.9 Å². The van der Waals surface area contributed by atoms with Crippen molar-refractivity contribution in [3.63, 3.8) is 0 Å². The number of hydrogen-bond acceptors (Lipinski definition) is 5. The Kier molecular flexibility index (Phi) is 7.12. The van der Waals surface area contributed by atoms with Gasteiger partial charge in [-0.1, -0.05) is 6.07 Å². The number of ether oxygens (including phenoxy) is 2. The van der Waals surface area contributed by atoms with Crippen LogP contribution < -0.4 is 14.8 Å². The van der Waals surface area contributed by atoms with E-state index >= 15 is 0 Å². The van der Waals surface area contributed by atoms with E-state index < -0.39 is 11.9 Å². The number of anilines is 1. The molecule has 0 saturated carbocycles. The molecule has 1 saturated heterocycles. The van der Waals surface area contributed by atoms with Crippen molar-refractivity contribution in [3.05, 3.63) is 53.3 Å². The van der Waals surface area contributed by atoms with Crippen LogP contribution in [0.4, 0.5) is 10.1 Å². The molecular formula is C23H28FN3O4. The van der Waals surface area contributed by atoms with Crippen molar-refractivity contribution >= 4 is 17.5 Å². The lowest BCUT2D eigenvalue weighted by atomic mass is 10.1. The summed E-state index contributed by atoms with van der Waals surface area (Å²) in [6.45, 7) is 5.77. The Morgan fingerprint density at radius 2 is 1.68 bits per heavy atom. The van der Waals surface area contributed by atoms with E-state index in [0.717, 1.165) is 5.56 Å². The minimum absolute atomic E-state index is 0.0897. The molecule has 1 fully saturated rings. The number of nitrogens with one attached hydrogen (secondary N) is 1. The number of nitrogens with zero attached hydrogens (tertiary/aromatic N) is 2. The standard InChI is InChI=1S/C23H28FN3O4/c1-15-5-7-18(24)14-19(15)25-22(28)16(2)26-9-11-27(12-10-26)23(29)17-6-8-20(30-3)21(13-17)31-4/h5-8,13-14,16H,9-12H2,1-4H3,(H,25,28). The third-order valence-corrected chi connectivity index (χ3v) is 5.62. The molecule has 1 unspecified atom stereocenters. The van der Waals surface area contributed by atoms with Gasteiger partial charge in [-0.2, -0.15) is 0 Å². The van der Waals surface area contributed by atoms with Gasteiger partial charge in [-0.05, 0) is 49.7 Å². The van der Waals surface area contributed by atoms with Crippen molar-refractivity contribution in [1.29, 1.82) is 0 Å². The fourth-order valence-corrected chi connectivity index (χ4v) is 3.60. The number of aryl methyl sites for hydroxylation is 1. The molecule has 166 valence electrons. The third kappa shape index (κ3) is 5.14. The monoisotopic (exact) mass is 429 g/mol. The summed E-state index contributed by atoms with van der Waals surface area (Å²) in [4.78, 5) is 29.3. The smallest absolute Gasteiger partial charge is 0.254 e. The Morgan fingerprint density at radius 1 is 1.00 bits per heavy atom. The lowest BCUT2D eigenvalue weighted by Crippen LogP contribution is -2.54. The maximum atomic E-state index is 13.5. The number of rotatable bonds is 6. The number of methoxy groups -OCH3 is 2. The molecule has 8 heteroatoms. The first-order valence-electron chi connectivity index (χ1n) is 10.2. The molecule has 2 amide bonds. The van der Waals surface area contributed by atoms with Gasteiger partial charge in [0.25, 0.3) is 5.91 Å². The Labute approximate surface area is 181 Å². The highest BCUT2D eigenvalue weighted by molar-refractivity contribution is 5.96. The molecule has 0 bridgehead atoms. The lowest BCUT2D eigenvalue weighted by Gasteiger charge is -2.37. The van der Waals surface area contributed by atoms with Crippen molar-refractivity contribution in [3.8, 4) is 11.5 Å². The zero-order chi connectivity index (χ0) is 22.5. The normalized spacial score (nSPS) is 15.3. The van der Waals surface area contributed by atoms with Crippen LogP contribution in [0, 0.1) is 12.7 Å². The number of carbonyl (C=O) groups is 2. The predicted octanol–water partition coefficient (Wildman–Crippen LogP) is 2.94. The molecule has 7 nitrogen and oxygen atoms in total. The average molecular weight is 429 g/mol. The van der Waals surface area contributed by atoms with Crippen molar-refractivity contribution in [2.75, 3.05) is 45.7 Å². The fraction of sp³-hybridized carbons (Fsp3) is 0.391. The molecule has 2 aromatic carbocycles. The quantitative estimate of drug-likeness (QED) is 0.765. The van der Waals surface area contributed by atoms with E-state index in [0.29, 0.717) is 48.9 Å². The maximum absolute atomic E-state index is 13.5. The summed E-state index contributed by atoms with van der Waals surface area (Å²) >= 11 is 0. The Balaban J connectivity index is 1.59. The van der Waals surface area contributed by atoms with Gasteiger partial charge in [0.15, 0.2) is 11.5 Å². The van der Waals surface area contributed by atoms with Crippen LogP contribution in [0.15, 0.2) is 36.4 Å². The van der Waals surface area contributed by atoms with E-state index in [9.17, 15) is 14.0 Å². The number of amides is 2. The summed E-state index contributed by atoms with van der Waals surface area (Å²) in [6.07, 6.45) is 0. The molecule has 0 aromatic heterocycles. The molecule has 0 radical (unpaired) electrons. The largest absolute Gasteiger partial charge is 0.493 e. The predicted molar refractivity (Wildman–Crippen MR) is 116 cm³/mol. The van der Waals surface area contributed by atoms with E-state index in [4.69, 9.17) is 9.47 Å². The van der Waals surface area contributed by atoms with Gasteiger partial charge in [0.05, 0.1) is 20.3 Å². The van der Waals surface area contributed by atoms with Crippen LogP contribution in [0.3, 0.4) is 0 Å². The molecule has 1 aliphatic heterocycles. The van der Waals surface area contributed by atoms with Gasteiger partial charge in [0.2, 0.25) is 5.91 Å². The second kappa shape index (κ2) is 9.78. The van der Waals surface area contributed by atoms with E-state index in [1.807, 2.05) is 18.7 Å². The van der Waals surface area contributed by atoms with Crippen LogP contribution >= 0.6 is 0 Å². The Hall–Kier alpha value is -3.13. The van der Waals surface area contributed by atoms with Crippen molar-refractivity contribution in [1.82, 2.24) is 9.80 Å². The minimum Gasteiger partial charge on any atom is -0.493 e.